The van der Waals surface area contributed by atoms with Crippen LogP contribution in [0.15, 0.2) is 40.5 Å². The van der Waals surface area contributed by atoms with Crippen LogP contribution in [-0.2, 0) is 19.1 Å². The van der Waals surface area contributed by atoms with Crippen LogP contribution in [0.5, 0.6) is 0 Å². The first kappa shape index (κ1) is 20.4. The van der Waals surface area contributed by atoms with Crippen molar-refractivity contribution in [2.75, 3.05) is 37.9 Å². The Hall–Kier alpha value is -2.32. The number of amidine groups is 1. The summed E-state index contributed by atoms with van der Waals surface area (Å²) in [6.45, 7) is 4.81. The Morgan fingerprint density at radius 2 is 2.07 bits per heavy atom. The summed E-state index contributed by atoms with van der Waals surface area (Å²) in [4.78, 5) is 31.2. The quantitative estimate of drug-likeness (QED) is 0.736. The van der Waals surface area contributed by atoms with Crippen molar-refractivity contribution < 1.29 is 19.1 Å². The molecule has 0 bridgehead atoms. The largest absolute Gasteiger partial charge is 0.463 e. The van der Waals surface area contributed by atoms with Gasteiger partial charge in [0.15, 0.2) is 5.17 Å². The maximum Gasteiger partial charge on any atom is 0.338 e. The van der Waals surface area contributed by atoms with E-state index in [0.29, 0.717) is 23.6 Å². The summed E-state index contributed by atoms with van der Waals surface area (Å²) in [6.07, 6.45) is 1.03. The van der Waals surface area contributed by atoms with Crippen molar-refractivity contribution in [2.24, 2.45) is 4.99 Å². The number of methoxy groups -OCH3 is 1. The molecule has 1 saturated heterocycles. The second-order valence-corrected chi connectivity index (χ2v) is 7.58. The molecule has 1 N–H and O–H groups in total. The third-order valence-electron chi connectivity index (χ3n) is 4.54. The molecule has 0 saturated carbocycles. The summed E-state index contributed by atoms with van der Waals surface area (Å²) in [5, 5.41) is 3.73. The standard InChI is InChI=1S/C20H25N3O4S/c1-4-27-19(25)17-13(2)21-20-23(10-5-11-28-20)18(17)14-6-8-15(9-7-14)22-16(24)12-26-3/h6-9,18H,4-5,10-12H2,1-3H3,(H,22,24)/t18-/m0/s1. The molecule has 0 spiro atoms. The van der Waals surface area contributed by atoms with E-state index in [4.69, 9.17) is 9.47 Å². The fraction of sp³-hybridized carbons (Fsp3) is 0.450. The lowest BCUT2D eigenvalue weighted by Gasteiger charge is -2.40. The van der Waals surface area contributed by atoms with Crippen LogP contribution in [0.25, 0.3) is 0 Å². The summed E-state index contributed by atoms with van der Waals surface area (Å²) in [5.41, 5.74) is 2.91. The maximum atomic E-state index is 12.7. The fourth-order valence-electron chi connectivity index (χ4n) is 3.36. The van der Waals surface area contributed by atoms with Gasteiger partial charge in [0.1, 0.15) is 6.61 Å². The topological polar surface area (TPSA) is 80.2 Å². The summed E-state index contributed by atoms with van der Waals surface area (Å²) in [6, 6.07) is 7.29. The zero-order valence-electron chi connectivity index (χ0n) is 16.4. The summed E-state index contributed by atoms with van der Waals surface area (Å²) in [5.74, 6) is 0.479. The molecule has 1 amide bonds. The molecule has 7 nitrogen and oxygen atoms in total. The smallest absolute Gasteiger partial charge is 0.338 e. The Balaban J connectivity index is 1.93. The number of esters is 1. The van der Waals surface area contributed by atoms with Crippen molar-refractivity contribution in [3.63, 3.8) is 0 Å². The first-order valence-corrected chi connectivity index (χ1v) is 10.3. The molecule has 150 valence electrons. The maximum absolute atomic E-state index is 12.7. The number of hydrogen-bond donors (Lipinski definition) is 1. The number of carbonyl (C=O) groups excluding carboxylic acids is 2. The molecule has 0 radical (unpaired) electrons. The van der Waals surface area contributed by atoms with E-state index < -0.39 is 0 Å². The predicted molar refractivity (Wildman–Crippen MR) is 110 cm³/mol. The van der Waals surface area contributed by atoms with Gasteiger partial charge in [-0.2, -0.15) is 0 Å². The Labute approximate surface area is 169 Å². The normalized spacial score (nSPS) is 19.0. The Morgan fingerprint density at radius 1 is 1.32 bits per heavy atom. The molecular weight excluding hydrogens is 378 g/mol. The van der Waals surface area contributed by atoms with Gasteiger partial charge in [-0.25, -0.2) is 9.79 Å². The number of carbonyl (C=O) groups is 2. The number of nitrogens with one attached hydrogen (secondary N) is 1. The van der Waals surface area contributed by atoms with Crippen molar-refractivity contribution in [2.45, 2.75) is 26.3 Å². The van der Waals surface area contributed by atoms with Crippen molar-refractivity contribution in [1.82, 2.24) is 4.90 Å². The number of benzene rings is 1. The number of rotatable bonds is 6. The molecule has 0 aromatic heterocycles. The van der Waals surface area contributed by atoms with Gasteiger partial charge in [-0.3, -0.25) is 4.79 Å². The van der Waals surface area contributed by atoms with E-state index in [2.05, 4.69) is 15.2 Å². The minimum Gasteiger partial charge on any atom is -0.463 e. The highest BCUT2D eigenvalue weighted by molar-refractivity contribution is 8.13. The van der Waals surface area contributed by atoms with E-state index in [1.165, 1.54) is 7.11 Å². The van der Waals surface area contributed by atoms with Gasteiger partial charge in [-0.15, -0.1) is 0 Å². The van der Waals surface area contributed by atoms with E-state index in [9.17, 15) is 9.59 Å². The van der Waals surface area contributed by atoms with E-state index in [-0.39, 0.29) is 24.5 Å². The summed E-state index contributed by atoms with van der Waals surface area (Å²) in [7, 11) is 1.48. The van der Waals surface area contributed by atoms with E-state index in [1.807, 2.05) is 31.2 Å². The molecular formula is C20H25N3O4S. The summed E-state index contributed by atoms with van der Waals surface area (Å²) >= 11 is 1.71. The monoisotopic (exact) mass is 403 g/mol. The predicted octanol–water partition coefficient (Wildman–Crippen LogP) is 2.96. The van der Waals surface area contributed by atoms with Gasteiger partial charge in [0.05, 0.1) is 23.9 Å². The molecule has 0 aliphatic carbocycles. The number of ether oxygens (including phenoxy) is 2. The number of thioether (sulfide) groups is 1. The molecule has 2 aliphatic heterocycles. The van der Waals surface area contributed by atoms with Gasteiger partial charge in [-0.1, -0.05) is 23.9 Å². The molecule has 1 atom stereocenters. The number of nitrogens with zero attached hydrogens (tertiary/aromatic N) is 2. The van der Waals surface area contributed by atoms with Gasteiger partial charge < -0.3 is 19.7 Å². The first-order valence-electron chi connectivity index (χ1n) is 9.30. The number of aliphatic imine (C=N–C) groups is 1. The number of fused-ring (bicyclic) bond motifs is 1. The first-order chi connectivity index (χ1) is 13.5. The highest BCUT2D eigenvalue weighted by Crippen LogP contribution is 2.40. The molecule has 8 heteroatoms. The molecule has 2 heterocycles. The minimum atomic E-state index is -0.333. The summed E-state index contributed by atoms with van der Waals surface area (Å²) < 4.78 is 10.2. The van der Waals surface area contributed by atoms with Crippen LogP contribution in [-0.4, -0.2) is 54.6 Å². The van der Waals surface area contributed by atoms with E-state index in [1.54, 1.807) is 18.7 Å². The van der Waals surface area contributed by atoms with Gasteiger partial charge in [0.25, 0.3) is 0 Å². The zero-order chi connectivity index (χ0) is 20.1. The van der Waals surface area contributed by atoms with Crippen LogP contribution in [0.3, 0.4) is 0 Å². The average Bonchev–Trinajstić information content (AvgIpc) is 2.68. The van der Waals surface area contributed by atoms with Gasteiger partial charge in [-0.05, 0) is 38.0 Å². The molecule has 28 heavy (non-hydrogen) atoms. The molecule has 1 fully saturated rings. The fourth-order valence-corrected chi connectivity index (χ4v) is 4.38. The number of amides is 1. The van der Waals surface area contributed by atoms with Crippen LogP contribution < -0.4 is 5.32 Å². The average molecular weight is 404 g/mol. The van der Waals surface area contributed by atoms with Gasteiger partial charge >= 0.3 is 5.97 Å². The SMILES string of the molecule is CCOC(=O)C1=C(C)N=C2SCCCN2[C@H]1c1ccc(NC(=O)COC)cc1. The van der Waals surface area contributed by atoms with Crippen LogP contribution >= 0.6 is 11.8 Å². The minimum absolute atomic E-state index is 0.00411. The second-order valence-electron chi connectivity index (χ2n) is 6.52. The van der Waals surface area contributed by atoms with Crippen molar-refractivity contribution in [1.29, 1.82) is 0 Å². The third kappa shape index (κ3) is 4.39. The van der Waals surface area contributed by atoms with Gasteiger partial charge in [0, 0.05) is 25.1 Å². The molecule has 1 aromatic rings. The Morgan fingerprint density at radius 3 is 2.75 bits per heavy atom. The lowest BCUT2D eigenvalue weighted by molar-refractivity contribution is -0.139. The lowest BCUT2D eigenvalue weighted by Crippen LogP contribution is -2.42. The third-order valence-corrected chi connectivity index (χ3v) is 5.62. The van der Waals surface area contributed by atoms with E-state index in [0.717, 1.165) is 29.4 Å². The van der Waals surface area contributed by atoms with Crippen LogP contribution in [0, 0.1) is 0 Å². The van der Waals surface area contributed by atoms with Crippen molar-refractivity contribution >= 4 is 34.5 Å². The molecule has 2 aliphatic rings. The van der Waals surface area contributed by atoms with Crippen molar-refractivity contribution in [3.8, 4) is 0 Å². The number of hydrogen-bond acceptors (Lipinski definition) is 7. The highest BCUT2D eigenvalue weighted by atomic mass is 32.2. The Kier molecular flexibility index (Phi) is 6.74. The number of allylic oxidation sites excluding steroid dienone is 1. The van der Waals surface area contributed by atoms with E-state index >= 15 is 0 Å². The Bertz CT molecular complexity index is 804. The molecule has 3 rings (SSSR count). The van der Waals surface area contributed by atoms with Crippen LogP contribution in [0.1, 0.15) is 31.9 Å². The zero-order valence-corrected chi connectivity index (χ0v) is 17.2. The highest BCUT2D eigenvalue weighted by Gasteiger charge is 2.37. The number of anilines is 1. The van der Waals surface area contributed by atoms with Crippen LogP contribution in [0.2, 0.25) is 0 Å². The molecule has 0 unspecified atom stereocenters. The van der Waals surface area contributed by atoms with Crippen molar-refractivity contribution in [3.05, 3.63) is 41.1 Å². The second kappa shape index (κ2) is 9.25. The molecule has 1 aromatic carbocycles. The lowest BCUT2D eigenvalue weighted by atomic mass is 9.94. The van der Waals surface area contributed by atoms with Crippen LogP contribution in [0.4, 0.5) is 5.69 Å². The van der Waals surface area contributed by atoms with Gasteiger partial charge in [0.2, 0.25) is 5.91 Å².